The van der Waals surface area contributed by atoms with Crippen molar-refractivity contribution in [2.75, 3.05) is 26.2 Å². The zero-order chi connectivity index (χ0) is 19.8. The van der Waals surface area contributed by atoms with Crippen LogP contribution >= 0.6 is 0 Å². The molecule has 2 aromatic carbocycles. The highest BCUT2D eigenvalue weighted by atomic mass is 32.2. The van der Waals surface area contributed by atoms with Crippen LogP contribution in [0.3, 0.4) is 0 Å². The number of likely N-dealkylation sites (tertiary alicyclic amines) is 1. The van der Waals surface area contributed by atoms with E-state index in [4.69, 9.17) is 4.74 Å². The molecule has 8 heteroatoms. The number of benzene rings is 2. The van der Waals surface area contributed by atoms with Gasteiger partial charge in [-0.3, -0.25) is 4.90 Å². The summed E-state index contributed by atoms with van der Waals surface area (Å²) in [6.45, 7) is 0.0395. The Hall–Kier alpha value is -1.87. The summed E-state index contributed by atoms with van der Waals surface area (Å²) >= 11 is 0. The molecular weight excluding hydrogens is 386 g/mol. The molecule has 1 unspecified atom stereocenters. The van der Waals surface area contributed by atoms with Gasteiger partial charge in [0, 0.05) is 26.1 Å². The third kappa shape index (κ3) is 3.24. The SMILES string of the molecule is O=S(=O)(c1ccccc1)N1CCOC12CCN(Cc1ccccc1)CC2(F)F. The van der Waals surface area contributed by atoms with Gasteiger partial charge in [0.2, 0.25) is 15.7 Å². The van der Waals surface area contributed by atoms with Gasteiger partial charge in [-0.15, -0.1) is 0 Å². The lowest BCUT2D eigenvalue weighted by Crippen LogP contribution is -2.67. The molecule has 1 atom stereocenters. The smallest absolute Gasteiger partial charge is 0.303 e. The van der Waals surface area contributed by atoms with Crippen LogP contribution in [-0.4, -0.2) is 55.5 Å². The molecule has 0 saturated carbocycles. The zero-order valence-corrected chi connectivity index (χ0v) is 16.1. The first-order valence-corrected chi connectivity index (χ1v) is 10.7. The van der Waals surface area contributed by atoms with E-state index in [-0.39, 0.29) is 24.5 Å². The molecule has 2 saturated heterocycles. The summed E-state index contributed by atoms with van der Waals surface area (Å²) in [7, 11) is -4.08. The number of nitrogens with zero attached hydrogens (tertiary/aromatic N) is 2. The molecule has 4 rings (SSSR count). The summed E-state index contributed by atoms with van der Waals surface area (Å²) in [5, 5.41) is 0. The maximum absolute atomic E-state index is 15.3. The van der Waals surface area contributed by atoms with E-state index in [9.17, 15) is 8.42 Å². The van der Waals surface area contributed by atoms with Crippen molar-refractivity contribution in [1.82, 2.24) is 9.21 Å². The molecule has 0 aliphatic carbocycles. The molecule has 0 bridgehead atoms. The molecular formula is C20H22F2N2O3S. The number of sulfonamides is 1. The Kier molecular flexibility index (Phi) is 4.99. The number of halogens is 2. The lowest BCUT2D eigenvalue weighted by atomic mass is 9.95. The van der Waals surface area contributed by atoms with Crippen molar-refractivity contribution < 1.29 is 21.9 Å². The summed E-state index contributed by atoms with van der Waals surface area (Å²) in [6.07, 6.45) is -0.0844. The number of ether oxygens (including phenoxy) is 1. The van der Waals surface area contributed by atoms with Gasteiger partial charge in [0.05, 0.1) is 18.0 Å². The van der Waals surface area contributed by atoms with Crippen LogP contribution in [0.15, 0.2) is 65.6 Å². The van der Waals surface area contributed by atoms with Crippen LogP contribution in [-0.2, 0) is 21.3 Å². The predicted molar refractivity (Wildman–Crippen MR) is 100 cm³/mol. The van der Waals surface area contributed by atoms with Crippen molar-refractivity contribution in [3.8, 4) is 0 Å². The Morgan fingerprint density at radius 2 is 1.61 bits per heavy atom. The van der Waals surface area contributed by atoms with Crippen LogP contribution in [0, 0.1) is 0 Å². The highest BCUT2D eigenvalue weighted by Gasteiger charge is 2.66. The average Bonchev–Trinajstić information content (AvgIpc) is 3.13. The Morgan fingerprint density at radius 1 is 0.964 bits per heavy atom. The Morgan fingerprint density at radius 3 is 2.25 bits per heavy atom. The first-order valence-electron chi connectivity index (χ1n) is 9.21. The van der Waals surface area contributed by atoms with Gasteiger partial charge in [0.1, 0.15) is 0 Å². The monoisotopic (exact) mass is 408 g/mol. The van der Waals surface area contributed by atoms with E-state index in [2.05, 4.69) is 0 Å². The molecule has 28 heavy (non-hydrogen) atoms. The molecule has 150 valence electrons. The molecule has 2 aliphatic heterocycles. The maximum atomic E-state index is 15.3. The van der Waals surface area contributed by atoms with Gasteiger partial charge in [-0.1, -0.05) is 48.5 Å². The fourth-order valence-corrected chi connectivity index (χ4v) is 5.76. The van der Waals surface area contributed by atoms with E-state index >= 15 is 8.78 Å². The van der Waals surface area contributed by atoms with Gasteiger partial charge in [-0.25, -0.2) is 17.2 Å². The van der Waals surface area contributed by atoms with Crippen molar-refractivity contribution in [3.05, 3.63) is 66.2 Å². The van der Waals surface area contributed by atoms with Gasteiger partial charge < -0.3 is 4.74 Å². The fourth-order valence-electron chi connectivity index (χ4n) is 4.02. The molecule has 0 radical (unpaired) electrons. The van der Waals surface area contributed by atoms with Crippen LogP contribution < -0.4 is 0 Å². The van der Waals surface area contributed by atoms with Gasteiger partial charge in [-0.2, -0.15) is 4.31 Å². The van der Waals surface area contributed by atoms with Crippen molar-refractivity contribution >= 4 is 10.0 Å². The zero-order valence-electron chi connectivity index (χ0n) is 15.3. The minimum absolute atomic E-state index is 0.00221. The molecule has 0 N–H and O–H groups in total. The number of alkyl halides is 2. The highest BCUT2D eigenvalue weighted by molar-refractivity contribution is 7.89. The Labute approximate surface area is 163 Å². The quantitative estimate of drug-likeness (QED) is 0.781. The summed E-state index contributed by atoms with van der Waals surface area (Å²) in [6, 6.07) is 17.1. The van der Waals surface area contributed by atoms with Gasteiger partial charge in [0.25, 0.3) is 0 Å². The predicted octanol–water partition coefficient (Wildman–Crippen LogP) is 2.95. The van der Waals surface area contributed by atoms with E-state index < -0.39 is 28.2 Å². The van der Waals surface area contributed by atoms with Crippen LogP contribution in [0.5, 0.6) is 0 Å². The molecule has 0 amide bonds. The lowest BCUT2D eigenvalue weighted by Gasteiger charge is -2.47. The summed E-state index contributed by atoms with van der Waals surface area (Å²) < 4.78 is 63.2. The molecule has 5 nitrogen and oxygen atoms in total. The molecule has 2 fully saturated rings. The second kappa shape index (κ2) is 7.18. The van der Waals surface area contributed by atoms with E-state index in [1.54, 1.807) is 23.1 Å². The third-order valence-electron chi connectivity index (χ3n) is 5.38. The number of hydrogen-bond donors (Lipinski definition) is 0. The van der Waals surface area contributed by atoms with Gasteiger partial charge in [-0.05, 0) is 17.7 Å². The summed E-state index contributed by atoms with van der Waals surface area (Å²) in [5.74, 6) is -3.33. The van der Waals surface area contributed by atoms with Gasteiger partial charge >= 0.3 is 5.92 Å². The minimum atomic E-state index is -4.08. The number of hydrogen-bond acceptors (Lipinski definition) is 4. The highest BCUT2D eigenvalue weighted by Crippen LogP contribution is 2.47. The van der Waals surface area contributed by atoms with Crippen molar-refractivity contribution in [2.24, 2.45) is 0 Å². The second-order valence-corrected chi connectivity index (χ2v) is 9.04. The molecule has 0 aromatic heterocycles. The van der Waals surface area contributed by atoms with Crippen LogP contribution in [0.4, 0.5) is 8.78 Å². The molecule has 2 aromatic rings. The Balaban J connectivity index is 1.60. The minimum Gasteiger partial charge on any atom is -0.352 e. The molecule has 2 heterocycles. The second-order valence-electron chi connectivity index (χ2n) is 7.17. The topological polar surface area (TPSA) is 49.9 Å². The van der Waals surface area contributed by atoms with E-state index in [0.717, 1.165) is 9.87 Å². The maximum Gasteiger partial charge on any atom is 0.303 e. The van der Waals surface area contributed by atoms with Crippen LogP contribution in [0.2, 0.25) is 0 Å². The average molecular weight is 408 g/mol. The summed E-state index contributed by atoms with van der Waals surface area (Å²) in [5.41, 5.74) is -1.19. The van der Waals surface area contributed by atoms with Crippen LogP contribution in [0.25, 0.3) is 0 Å². The normalized spacial score (nSPS) is 25.9. The van der Waals surface area contributed by atoms with Crippen molar-refractivity contribution in [3.63, 3.8) is 0 Å². The number of rotatable bonds is 4. The first-order chi connectivity index (χ1) is 13.4. The first kappa shape index (κ1) is 19.4. The van der Waals surface area contributed by atoms with Crippen LogP contribution in [0.1, 0.15) is 12.0 Å². The molecule has 1 spiro atoms. The van der Waals surface area contributed by atoms with Crippen molar-refractivity contribution in [2.45, 2.75) is 29.5 Å². The largest absolute Gasteiger partial charge is 0.352 e. The van der Waals surface area contributed by atoms with Crippen molar-refractivity contribution in [1.29, 1.82) is 0 Å². The lowest BCUT2D eigenvalue weighted by molar-refractivity contribution is -0.252. The molecule has 2 aliphatic rings. The third-order valence-corrected chi connectivity index (χ3v) is 7.30. The number of piperidine rings is 1. The van der Waals surface area contributed by atoms with E-state index in [1.807, 2.05) is 30.3 Å². The fraction of sp³-hybridized carbons (Fsp3) is 0.400. The standard InChI is InChI=1S/C20H22F2N2O3S/c21-19(22)16-23(15-17-7-3-1-4-8-17)12-11-20(19)24(13-14-27-20)28(25,26)18-9-5-2-6-10-18/h1-10H,11-16H2. The Bertz CT molecular complexity index is 925. The van der Waals surface area contributed by atoms with E-state index in [0.29, 0.717) is 13.1 Å². The van der Waals surface area contributed by atoms with E-state index in [1.165, 1.54) is 12.1 Å². The van der Waals surface area contributed by atoms with Gasteiger partial charge in [0.15, 0.2) is 0 Å². The summed E-state index contributed by atoms with van der Waals surface area (Å²) in [4.78, 5) is 1.65.